The molecule has 266 valence electrons. The van der Waals surface area contributed by atoms with Crippen LogP contribution >= 0.6 is 0 Å². The highest BCUT2D eigenvalue weighted by Gasteiger charge is 2.22. The van der Waals surface area contributed by atoms with Crippen LogP contribution in [-0.4, -0.2) is 4.57 Å². The predicted octanol–water partition coefficient (Wildman–Crippen LogP) is 15.3. The molecule has 0 bridgehead atoms. The lowest BCUT2D eigenvalue weighted by Gasteiger charge is -2.28. The van der Waals surface area contributed by atoms with Gasteiger partial charge in [0.1, 0.15) is 11.2 Å². The van der Waals surface area contributed by atoms with E-state index in [-0.39, 0.29) is 0 Å². The molecule has 12 rings (SSSR count). The second-order valence-electron chi connectivity index (χ2n) is 14.9. The molecule has 0 amide bonds. The number of furan rings is 1. The van der Waals surface area contributed by atoms with Crippen LogP contribution in [0.2, 0.25) is 0 Å². The topological polar surface area (TPSA) is 21.3 Å². The first kappa shape index (κ1) is 31.7. The lowest BCUT2D eigenvalue weighted by Crippen LogP contribution is -2.11. The van der Waals surface area contributed by atoms with Crippen LogP contribution in [0, 0.1) is 0 Å². The number of hydrogen-bond acceptors (Lipinski definition) is 2. The smallest absolute Gasteiger partial charge is 0.137 e. The van der Waals surface area contributed by atoms with Gasteiger partial charge < -0.3 is 13.9 Å². The number of aromatic nitrogens is 1. The number of anilines is 3. The van der Waals surface area contributed by atoms with Gasteiger partial charge in [0.25, 0.3) is 0 Å². The Morgan fingerprint density at radius 1 is 0.351 bits per heavy atom. The van der Waals surface area contributed by atoms with Crippen molar-refractivity contribution in [1.82, 2.24) is 4.57 Å². The minimum Gasteiger partial charge on any atom is -0.456 e. The van der Waals surface area contributed by atoms with Gasteiger partial charge in [-0.25, -0.2) is 0 Å². The van der Waals surface area contributed by atoms with Crippen LogP contribution in [0.5, 0.6) is 0 Å². The molecule has 10 aromatic carbocycles. The molecule has 3 nitrogen and oxygen atoms in total. The summed E-state index contributed by atoms with van der Waals surface area (Å²) < 4.78 is 8.85. The standard InChI is InChI=1S/C54H34N2O/c1-2-16-41-36(13-1)27-28-38-34-50(44-19-3-4-20-45(44)53(38)41)55(49-24-12-26-52-54(49)46-21-7-10-25-51(46)57-52)39-31-29-35(30-32-39)37-14-11-15-40(33-37)56-47-22-8-5-17-42(47)43-18-6-9-23-48(43)56/h1-34H. The average Bonchev–Trinajstić information content (AvgIpc) is 3.83. The van der Waals surface area contributed by atoms with Gasteiger partial charge in [-0.05, 0) is 98.7 Å². The Kier molecular flexibility index (Phi) is 6.93. The van der Waals surface area contributed by atoms with E-state index in [0.717, 1.165) is 50.3 Å². The van der Waals surface area contributed by atoms with E-state index in [1.807, 2.05) is 6.07 Å². The van der Waals surface area contributed by atoms with E-state index in [0.29, 0.717) is 0 Å². The van der Waals surface area contributed by atoms with Gasteiger partial charge in [-0.3, -0.25) is 0 Å². The lowest BCUT2D eigenvalue weighted by atomic mass is 9.94. The van der Waals surface area contributed by atoms with Crippen molar-refractivity contribution in [2.45, 2.75) is 0 Å². The number of nitrogens with zero attached hydrogens (tertiary/aromatic N) is 2. The van der Waals surface area contributed by atoms with Crippen LogP contribution in [0.25, 0.3) is 92.9 Å². The van der Waals surface area contributed by atoms with Crippen molar-refractivity contribution in [2.75, 3.05) is 4.90 Å². The molecule has 2 heterocycles. The Labute approximate surface area is 328 Å². The molecule has 57 heavy (non-hydrogen) atoms. The Hall–Kier alpha value is -7.62. The summed E-state index contributed by atoms with van der Waals surface area (Å²) in [7, 11) is 0. The Morgan fingerprint density at radius 3 is 1.75 bits per heavy atom. The van der Waals surface area contributed by atoms with Crippen LogP contribution in [-0.2, 0) is 0 Å². The SMILES string of the molecule is c1cc(-c2ccc(N(c3cc4ccc5ccccc5c4c4ccccc34)c3cccc4oc5ccccc5c34)cc2)cc(-n2c3ccccc3c3ccccc32)c1. The van der Waals surface area contributed by atoms with Crippen molar-refractivity contribution >= 4 is 93.1 Å². The molecule has 0 atom stereocenters. The van der Waals surface area contributed by atoms with Crippen molar-refractivity contribution in [3.8, 4) is 16.8 Å². The van der Waals surface area contributed by atoms with Crippen molar-refractivity contribution in [1.29, 1.82) is 0 Å². The van der Waals surface area contributed by atoms with Crippen molar-refractivity contribution < 1.29 is 4.42 Å². The van der Waals surface area contributed by atoms with Gasteiger partial charge in [-0.2, -0.15) is 0 Å². The molecule has 0 aliphatic carbocycles. The summed E-state index contributed by atoms with van der Waals surface area (Å²) in [6, 6.07) is 74.5. The van der Waals surface area contributed by atoms with Gasteiger partial charge >= 0.3 is 0 Å². The van der Waals surface area contributed by atoms with Gasteiger partial charge in [-0.1, -0.05) is 146 Å². The van der Waals surface area contributed by atoms with Gasteiger partial charge in [0.05, 0.1) is 27.8 Å². The highest BCUT2D eigenvalue weighted by atomic mass is 16.3. The quantitative estimate of drug-likeness (QED) is 0.165. The maximum Gasteiger partial charge on any atom is 0.137 e. The van der Waals surface area contributed by atoms with E-state index >= 15 is 0 Å². The summed E-state index contributed by atoms with van der Waals surface area (Å²) in [5, 5.41) is 12.1. The van der Waals surface area contributed by atoms with Gasteiger partial charge in [0.15, 0.2) is 0 Å². The van der Waals surface area contributed by atoms with Crippen molar-refractivity contribution in [3.63, 3.8) is 0 Å². The lowest BCUT2D eigenvalue weighted by molar-refractivity contribution is 0.669. The second-order valence-corrected chi connectivity index (χ2v) is 14.9. The van der Waals surface area contributed by atoms with E-state index in [1.165, 1.54) is 59.7 Å². The number of fused-ring (bicyclic) bond motifs is 11. The van der Waals surface area contributed by atoms with Gasteiger partial charge in [-0.15, -0.1) is 0 Å². The molecule has 0 aliphatic heterocycles. The maximum atomic E-state index is 6.46. The number of benzene rings is 10. The van der Waals surface area contributed by atoms with Crippen LogP contribution in [0.15, 0.2) is 211 Å². The molecule has 0 fully saturated rings. The number of rotatable bonds is 5. The summed E-state index contributed by atoms with van der Waals surface area (Å²) >= 11 is 0. The third-order valence-electron chi connectivity index (χ3n) is 11.7. The third-order valence-corrected chi connectivity index (χ3v) is 11.7. The van der Waals surface area contributed by atoms with Crippen LogP contribution in [0.4, 0.5) is 17.1 Å². The summed E-state index contributed by atoms with van der Waals surface area (Å²) in [5.41, 5.74) is 10.9. The van der Waals surface area contributed by atoms with E-state index in [9.17, 15) is 0 Å². The van der Waals surface area contributed by atoms with E-state index in [1.54, 1.807) is 0 Å². The average molecular weight is 727 g/mol. The molecular weight excluding hydrogens is 693 g/mol. The zero-order valence-electron chi connectivity index (χ0n) is 30.9. The van der Waals surface area contributed by atoms with Crippen LogP contribution in [0.1, 0.15) is 0 Å². The number of hydrogen-bond donors (Lipinski definition) is 0. The normalized spacial score (nSPS) is 11.9. The molecule has 0 unspecified atom stereocenters. The fraction of sp³-hybridized carbons (Fsp3) is 0. The fourth-order valence-corrected chi connectivity index (χ4v) is 9.22. The van der Waals surface area contributed by atoms with Crippen molar-refractivity contribution in [3.05, 3.63) is 206 Å². The van der Waals surface area contributed by atoms with Crippen LogP contribution in [0.3, 0.4) is 0 Å². The molecular formula is C54H34N2O. The highest BCUT2D eigenvalue weighted by Crippen LogP contribution is 2.47. The predicted molar refractivity (Wildman–Crippen MR) is 241 cm³/mol. The van der Waals surface area contributed by atoms with E-state index in [4.69, 9.17) is 4.42 Å². The summed E-state index contributed by atoms with van der Waals surface area (Å²) in [6.07, 6.45) is 0. The Morgan fingerprint density at radius 2 is 0.965 bits per heavy atom. The molecule has 2 aromatic heterocycles. The monoisotopic (exact) mass is 726 g/mol. The molecule has 0 radical (unpaired) electrons. The molecule has 0 aliphatic rings. The zero-order chi connectivity index (χ0) is 37.5. The first-order valence-corrected chi connectivity index (χ1v) is 19.5. The van der Waals surface area contributed by atoms with Gasteiger partial charge in [0.2, 0.25) is 0 Å². The highest BCUT2D eigenvalue weighted by molar-refractivity contribution is 6.24. The Bertz CT molecular complexity index is 3480. The molecule has 0 saturated carbocycles. The van der Waals surface area contributed by atoms with E-state index < -0.39 is 0 Å². The first-order valence-electron chi connectivity index (χ1n) is 19.5. The minimum atomic E-state index is 0.869. The molecule has 0 saturated heterocycles. The molecule has 0 N–H and O–H groups in total. The molecule has 3 heteroatoms. The maximum absolute atomic E-state index is 6.46. The molecule has 0 spiro atoms. The van der Waals surface area contributed by atoms with Crippen molar-refractivity contribution in [2.24, 2.45) is 0 Å². The summed E-state index contributed by atoms with van der Waals surface area (Å²) in [5.74, 6) is 0. The van der Waals surface area contributed by atoms with Gasteiger partial charge in [0, 0.05) is 32.9 Å². The largest absolute Gasteiger partial charge is 0.456 e. The zero-order valence-corrected chi connectivity index (χ0v) is 30.9. The minimum absolute atomic E-state index is 0.869. The summed E-state index contributed by atoms with van der Waals surface area (Å²) in [6.45, 7) is 0. The third kappa shape index (κ3) is 4.86. The first-order chi connectivity index (χ1) is 28.3. The van der Waals surface area contributed by atoms with E-state index in [2.05, 4.69) is 210 Å². The second kappa shape index (κ2) is 12.5. The van der Waals surface area contributed by atoms with Crippen LogP contribution < -0.4 is 4.90 Å². The summed E-state index contributed by atoms with van der Waals surface area (Å²) in [4.78, 5) is 2.43. The Balaban J connectivity index is 1.06. The number of para-hydroxylation sites is 3. The fourth-order valence-electron chi connectivity index (χ4n) is 9.22. The molecule has 12 aromatic rings.